The molecule has 4 aliphatic rings. The number of nitrogens with zero attached hydrogens (tertiary/aromatic N) is 2. The summed E-state index contributed by atoms with van der Waals surface area (Å²) in [6.45, 7) is 12.5. The van der Waals surface area contributed by atoms with Crippen LogP contribution in [0.15, 0.2) is 60.1 Å². The third-order valence-electron chi connectivity index (χ3n) is 13.1. The molecule has 1 N–H and O–H groups in total. The van der Waals surface area contributed by atoms with Gasteiger partial charge in [0, 0.05) is 5.56 Å². The SMILES string of the molecule is C=C(C)[C@@H](CC[C@@H](C)[C@H]1CC[C@H]2C3=C(CC[C@]12C)[C@@]1(C)C[C@H](OS(=O)(=O)[O-])[C@H](OS(=O)(=O)[O-])C[C@@H]1[C@@H](OS(=O)(=O)[O-])C3)n1cncc1-c1ccc(O)cc1.[Na+].[Na+].[Na+]. The average molecular weight is 881 g/mol. The van der Waals surface area contributed by atoms with Gasteiger partial charge in [0.2, 0.25) is 31.2 Å². The Kier molecular flexibility index (Phi) is 17.6. The maximum atomic E-state index is 12.1. The van der Waals surface area contributed by atoms with Crippen molar-refractivity contribution in [2.45, 2.75) is 110 Å². The molecule has 0 saturated heterocycles. The molecule has 15 nitrogen and oxygen atoms in total. The summed E-state index contributed by atoms with van der Waals surface area (Å²) in [5.41, 5.74) is 3.38. The summed E-state index contributed by atoms with van der Waals surface area (Å²) in [6.07, 6.45) is 2.98. The molecule has 300 valence electrons. The minimum absolute atomic E-state index is 0. The number of hydrogen-bond donors (Lipinski definition) is 1. The van der Waals surface area contributed by atoms with Crippen LogP contribution in [-0.4, -0.2) is 71.9 Å². The van der Waals surface area contributed by atoms with E-state index in [0.717, 1.165) is 60.1 Å². The van der Waals surface area contributed by atoms with Crippen LogP contribution in [-0.2, 0) is 43.7 Å². The zero-order valence-electron chi connectivity index (χ0n) is 33.6. The van der Waals surface area contributed by atoms with E-state index in [1.54, 1.807) is 31.6 Å². The second-order valence-corrected chi connectivity index (χ2v) is 19.2. The van der Waals surface area contributed by atoms with Crippen molar-refractivity contribution in [1.82, 2.24) is 9.55 Å². The van der Waals surface area contributed by atoms with Crippen molar-refractivity contribution in [3.05, 3.63) is 60.1 Å². The Labute approximate surface area is 402 Å². The molecule has 6 rings (SSSR count). The molecule has 2 fully saturated rings. The molecule has 1 aromatic carbocycles. The van der Waals surface area contributed by atoms with Crippen molar-refractivity contribution in [2.24, 2.45) is 34.5 Å². The Morgan fingerprint density at radius 1 is 0.930 bits per heavy atom. The number of aromatic nitrogens is 2. The van der Waals surface area contributed by atoms with Crippen LogP contribution in [0.3, 0.4) is 0 Å². The van der Waals surface area contributed by atoms with Gasteiger partial charge in [-0.2, -0.15) is 0 Å². The minimum Gasteiger partial charge on any atom is -0.726 e. The number of imidazole rings is 1. The van der Waals surface area contributed by atoms with Crippen molar-refractivity contribution in [1.29, 1.82) is 0 Å². The molecular weight excluding hydrogens is 834 g/mol. The molecule has 21 heteroatoms. The molecule has 1 aromatic heterocycles. The van der Waals surface area contributed by atoms with E-state index >= 15 is 0 Å². The summed E-state index contributed by atoms with van der Waals surface area (Å²) in [5, 5.41) is 9.80. The van der Waals surface area contributed by atoms with Gasteiger partial charge < -0.3 is 23.3 Å². The second kappa shape index (κ2) is 19.4. The van der Waals surface area contributed by atoms with Crippen molar-refractivity contribution in [2.75, 3.05) is 0 Å². The predicted octanol–water partition coefficient (Wildman–Crippen LogP) is -3.72. The molecular formula is C36H47N2Na3O13S3. The zero-order chi connectivity index (χ0) is 39.6. The van der Waals surface area contributed by atoms with Gasteiger partial charge in [-0.15, -0.1) is 0 Å². The monoisotopic (exact) mass is 880 g/mol. The molecule has 0 spiro atoms. The number of rotatable bonds is 13. The van der Waals surface area contributed by atoms with E-state index in [2.05, 4.69) is 34.2 Å². The number of benzene rings is 1. The average Bonchev–Trinajstić information content (AvgIpc) is 3.65. The van der Waals surface area contributed by atoms with Gasteiger partial charge in [0.05, 0.1) is 30.4 Å². The number of hydrogen-bond acceptors (Lipinski definition) is 14. The van der Waals surface area contributed by atoms with E-state index in [4.69, 9.17) is 8.37 Å². The quantitative estimate of drug-likeness (QED) is 0.0883. The maximum absolute atomic E-state index is 12.1. The topological polar surface area (TPSA) is 237 Å². The van der Waals surface area contributed by atoms with Gasteiger partial charge in [-0.05, 0) is 123 Å². The summed E-state index contributed by atoms with van der Waals surface area (Å²) in [4.78, 5) is 4.42. The molecule has 57 heavy (non-hydrogen) atoms. The van der Waals surface area contributed by atoms with Crippen LogP contribution in [0.25, 0.3) is 11.3 Å². The normalized spacial score (nSPS) is 31.0. The van der Waals surface area contributed by atoms with Crippen molar-refractivity contribution in [3.63, 3.8) is 0 Å². The van der Waals surface area contributed by atoms with Gasteiger partial charge in [-0.25, -0.2) is 30.2 Å². The van der Waals surface area contributed by atoms with Gasteiger partial charge in [-0.3, -0.25) is 12.5 Å². The molecule has 0 amide bonds. The van der Waals surface area contributed by atoms with E-state index in [0.29, 0.717) is 6.42 Å². The molecule has 0 bridgehead atoms. The first-order chi connectivity index (χ1) is 25.0. The zero-order valence-corrected chi connectivity index (χ0v) is 42.1. The van der Waals surface area contributed by atoms with Crippen LogP contribution in [0, 0.1) is 34.5 Å². The third-order valence-corrected chi connectivity index (χ3v) is 14.5. The van der Waals surface area contributed by atoms with Gasteiger partial charge in [0.15, 0.2) is 0 Å². The molecule has 1 heterocycles. The smallest absolute Gasteiger partial charge is 0.726 e. The van der Waals surface area contributed by atoms with Gasteiger partial charge in [0.25, 0.3) is 0 Å². The Morgan fingerprint density at radius 3 is 2.09 bits per heavy atom. The molecule has 2 aromatic rings. The molecule has 2 saturated carbocycles. The molecule has 0 radical (unpaired) electrons. The van der Waals surface area contributed by atoms with Gasteiger partial charge in [-0.1, -0.05) is 44.1 Å². The summed E-state index contributed by atoms with van der Waals surface area (Å²) in [6, 6.07) is 6.93. The van der Waals surface area contributed by atoms with Crippen LogP contribution in [0.1, 0.15) is 91.5 Å². The molecule has 0 unspecified atom stereocenters. The fraction of sp³-hybridized carbons (Fsp3) is 0.639. The number of phenols is 1. The van der Waals surface area contributed by atoms with Crippen LogP contribution in [0.4, 0.5) is 0 Å². The van der Waals surface area contributed by atoms with E-state index in [1.165, 1.54) is 0 Å². The Bertz CT molecular complexity index is 2130. The van der Waals surface area contributed by atoms with Crippen LogP contribution >= 0.6 is 0 Å². The van der Waals surface area contributed by atoms with Crippen molar-refractivity contribution in [3.8, 4) is 17.0 Å². The summed E-state index contributed by atoms with van der Waals surface area (Å²) in [5.74, 6) is -0.171. The van der Waals surface area contributed by atoms with Crippen LogP contribution < -0.4 is 88.7 Å². The van der Waals surface area contributed by atoms with E-state index in [9.17, 15) is 44.0 Å². The predicted molar refractivity (Wildman–Crippen MR) is 191 cm³/mol. The third kappa shape index (κ3) is 11.5. The maximum Gasteiger partial charge on any atom is 1.00 e. The first-order valence-electron chi connectivity index (χ1n) is 18.1. The Hall–Kier alpha value is 0.320. The number of phenolic OH excluding ortho intramolecular Hbond substituents is 1. The largest absolute Gasteiger partial charge is 1.00 e. The van der Waals surface area contributed by atoms with E-state index < -0.39 is 67.3 Å². The number of aromatic hydroxyl groups is 1. The first-order valence-corrected chi connectivity index (χ1v) is 22.1. The van der Waals surface area contributed by atoms with E-state index in [-0.39, 0.29) is 136 Å². The summed E-state index contributed by atoms with van der Waals surface area (Å²) in [7, 11) is -16.0. The standard InChI is InChI=1S/C36H50N2O13S3.3Na/c1-21(2)30(38-20-37-19-31(38)23-7-9-24(39)10-8-23)13-6-22(3)26-11-12-27-25-16-32(49-52(40,41)42)29-17-33(50-53(43,44)45)34(51-54(46,47)48)18-36(29,5)28(25)14-15-35(26,27)4;;;/h7-10,19-20,22,26-27,29-30,32-34,39H,1,6,11-18H2,2-5H3,(H,40,41,42)(H,43,44,45)(H,46,47,48);;;/q;3*+1/p-3/t22-,26-,27+,29-,30-,32+,33-,34+,35-,36-;;;/m1.../s1. The van der Waals surface area contributed by atoms with Gasteiger partial charge >= 0.3 is 88.7 Å². The fourth-order valence-corrected chi connectivity index (χ4v) is 12.4. The molecule has 0 aliphatic heterocycles. The van der Waals surface area contributed by atoms with Crippen molar-refractivity contribution >= 4 is 31.2 Å². The summed E-state index contributed by atoms with van der Waals surface area (Å²) >= 11 is 0. The molecule has 4 aliphatic carbocycles. The summed E-state index contributed by atoms with van der Waals surface area (Å²) < 4.78 is 123. The van der Waals surface area contributed by atoms with Crippen molar-refractivity contribution < 1.29 is 145 Å². The Balaban J connectivity index is 0.00000290. The van der Waals surface area contributed by atoms with Gasteiger partial charge in [0.1, 0.15) is 18.0 Å². The first kappa shape index (κ1) is 51.7. The Morgan fingerprint density at radius 2 is 1.51 bits per heavy atom. The number of allylic oxidation sites excluding steroid dienone is 2. The minimum atomic E-state index is -5.40. The number of fused-ring (bicyclic) bond motifs is 4. The second-order valence-electron chi connectivity index (χ2n) is 16.2. The molecule has 10 atom stereocenters. The van der Waals surface area contributed by atoms with E-state index in [1.807, 2.05) is 19.1 Å². The fourth-order valence-electron chi connectivity index (χ4n) is 10.9. The van der Waals surface area contributed by atoms with Crippen LogP contribution in [0.5, 0.6) is 5.75 Å². The van der Waals surface area contributed by atoms with Crippen LogP contribution in [0.2, 0.25) is 0 Å².